The van der Waals surface area contributed by atoms with Crippen LogP contribution in [0.15, 0.2) is 48.5 Å². The molecule has 0 bridgehead atoms. The van der Waals surface area contributed by atoms with Crippen molar-refractivity contribution in [1.29, 1.82) is 0 Å². The average Bonchev–Trinajstić information content (AvgIpc) is 2.90. The van der Waals surface area contributed by atoms with E-state index in [2.05, 4.69) is 17.0 Å². The van der Waals surface area contributed by atoms with Crippen molar-refractivity contribution in [2.24, 2.45) is 5.73 Å². The van der Waals surface area contributed by atoms with Gasteiger partial charge < -0.3 is 5.73 Å². The fraction of sp³-hybridized carbons (Fsp3) is 0.333. The molecule has 0 unspecified atom stereocenters. The maximum atomic E-state index is 10.8. The number of non-ortho nitro benzene ring substituents is 1. The molecule has 2 aromatic carbocycles. The smallest absolute Gasteiger partial charge is 0.269 e. The lowest BCUT2D eigenvalue weighted by Crippen LogP contribution is -2.28. The van der Waals surface area contributed by atoms with E-state index in [0.29, 0.717) is 5.92 Å². The summed E-state index contributed by atoms with van der Waals surface area (Å²) in [6.07, 6.45) is 0. The minimum atomic E-state index is -0.353. The number of rotatable bonds is 4. The number of nitro benzene ring substituents is 1. The van der Waals surface area contributed by atoms with Gasteiger partial charge in [0.15, 0.2) is 0 Å². The Balaban J connectivity index is 1.71. The van der Waals surface area contributed by atoms with Crippen LogP contribution in [0.1, 0.15) is 22.6 Å². The van der Waals surface area contributed by atoms with E-state index in [0.717, 1.165) is 30.8 Å². The molecule has 0 saturated carbocycles. The van der Waals surface area contributed by atoms with E-state index < -0.39 is 0 Å². The third-order valence-corrected chi connectivity index (χ3v) is 4.60. The van der Waals surface area contributed by atoms with Gasteiger partial charge >= 0.3 is 0 Å². The summed E-state index contributed by atoms with van der Waals surface area (Å²) in [6.45, 7) is 4.46. The predicted molar refractivity (Wildman–Crippen MR) is 90.3 cm³/mol. The van der Waals surface area contributed by atoms with Gasteiger partial charge in [0.1, 0.15) is 0 Å². The van der Waals surface area contributed by atoms with Crippen LogP contribution in [-0.2, 0) is 6.54 Å². The number of nitro groups is 1. The maximum Gasteiger partial charge on any atom is 0.269 e. The first kappa shape index (κ1) is 15.6. The van der Waals surface area contributed by atoms with Gasteiger partial charge in [-0.2, -0.15) is 0 Å². The van der Waals surface area contributed by atoms with E-state index in [-0.39, 0.29) is 16.7 Å². The molecule has 2 atom stereocenters. The minimum absolute atomic E-state index is 0.121. The molecule has 1 aliphatic rings. The molecular weight excluding hydrogens is 290 g/mol. The van der Waals surface area contributed by atoms with Crippen LogP contribution in [0.2, 0.25) is 0 Å². The van der Waals surface area contributed by atoms with Crippen LogP contribution in [-0.4, -0.2) is 29.0 Å². The Morgan fingerprint density at radius 2 is 1.96 bits per heavy atom. The Hall–Kier alpha value is -2.24. The molecule has 0 aliphatic carbocycles. The van der Waals surface area contributed by atoms with Gasteiger partial charge in [0.05, 0.1) is 4.92 Å². The quantitative estimate of drug-likeness (QED) is 0.696. The van der Waals surface area contributed by atoms with Crippen molar-refractivity contribution < 1.29 is 4.92 Å². The standard InChI is InChI=1S/C18H21N3O2/c1-13-9-16(21(22)23)8-7-15(13)10-20-11-17(18(19)12-20)14-5-3-2-4-6-14/h2-9,17-18H,10-12,19H2,1H3/t17-,18+/m0/s1. The second kappa shape index (κ2) is 6.48. The first-order valence-corrected chi connectivity index (χ1v) is 7.81. The summed E-state index contributed by atoms with van der Waals surface area (Å²) >= 11 is 0. The third kappa shape index (κ3) is 3.41. The third-order valence-electron chi connectivity index (χ3n) is 4.60. The van der Waals surface area contributed by atoms with Crippen LogP contribution in [0.25, 0.3) is 0 Å². The summed E-state index contributed by atoms with van der Waals surface area (Å²) in [6, 6.07) is 15.6. The molecule has 5 nitrogen and oxygen atoms in total. The zero-order valence-corrected chi connectivity index (χ0v) is 13.2. The number of nitrogens with zero attached hydrogens (tertiary/aromatic N) is 2. The molecule has 2 N–H and O–H groups in total. The van der Waals surface area contributed by atoms with Gasteiger partial charge in [-0.1, -0.05) is 36.4 Å². The van der Waals surface area contributed by atoms with Gasteiger partial charge in [-0.15, -0.1) is 0 Å². The number of benzene rings is 2. The van der Waals surface area contributed by atoms with Gasteiger partial charge in [-0.05, 0) is 23.6 Å². The zero-order chi connectivity index (χ0) is 16.4. The van der Waals surface area contributed by atoms with E-state index >= 15 is 0 Å². The van der Waals surface area contributed by atoms with E-state index in [9.17, 15) is 10.1 Å². The Kier molecular flexibility index (Phi) is 4.41. The lowest BCUT2D eigenvalue weighted by molar-refractivity contribution is -0.384. The number of nitrogens with two attached hydrogens (primary N) is 1. The topological polar surface area (TPSA) is 72.4 Å². The molecule has 23 heavy (non-hydrogen) atoms. The van der Waals surface area contributed by atoms with E-state index in [1.54, 1.807) is 12.1 Å². The Bertz CT molecular complexity index is 703. The molecule has 0 amide bonds. The Morgan fingerprint density at radius 3 is 2.61 bits per heavy atom. The van der Waals surface area contributed by atoms with Gasteiger partial charge in [0, 0.05) is 43.7 Å². The summed E-state index contributed by atoms with van der Waals surface area (Å²) in [4.78, 5) is 12.8. The number of hydrogen-bond donors (Lipinski definition) is 1. The van der Waals surface area contributed by atoms with Crippen molar-refractivity contribution >= 4 is 5.69 Å². The van der Waals surface area contributed by atoms with Crippen LogP contribution in [0.5, 0.6) is 0 Å². The van der Waals surface area contributed by atoms with Gasteiger partial charge in [-0.25, -0.2) is 0 Å². The average molecular weight is 311 g/mol. The lowest BCUT2D eigenvalue weighted by atomic mass is 9.95. The van der Waals surface area contributed by atoms with Crippen molar-refractivity contribution in [1.82, 2.24) is 4.90 Å². The normalized spacial score (nSPS) is 21.5. The second-order valence-electron chi connectivity index (χ2n) is 6.24. The molecule has 1 aliphatic heterocycles. The van der Waals surface area contributed by atoms with Crippen LogP contribution in [0.3, 0.4) is 0 Å². The summed E-state index contributed by atoms with van der Waals surface area (Å²) in [5.41, 5.74) is 9.83. The summed E-state index contributed by atoms with van der Waals surface area (Å²) < 4.78 is 0. The Morgan fingerprint density at radius 1 is 1.22 bits per heavy atom. The van der Waals surface area contributed by atoms with Gasteiger partial charge in [0.2, 0.25) is 0 Å². The summed E-state index contributed by atoms with van der Waals surface area (Å²) in [5, 5.41) is 10.8. The second-order valence-corrected chi connectivity index (χ2v) is 6.24. The molecule has 1 fully saturated rings. The SMILES string of the molecule is Cc1cc([N+](=O)[O-])ccc1CN1C[C@@H](N)[C@H](c2ccccc2)C1. The van der Waals surface area contributed by atoms with Crippen molar-refractivity contribution in [2.45, 2.75) is 25.4 Å². The molecule has 2 aromatic rings. The van der Waals surface area contributed by atoms with Crippen molar-refractivity contribution in [3.05, 3.63) is 75.3 Å². The first-order valence-electron chi connectivity index (χ1n) is 7.81. The van der Waals surface area contributed by atoms with E-state index in [1.807, 2.05) is 31.2 Å². The molecule has 0 radical (unpaired) electrons. The minimum Gasteiger partial charge on any atom is -0.326 e. The largest absolute Gasteiger partial charge is 0.326 e. The molecule has 5 heteroatoms. The van der Waals surface area contributed by atoms with Crippen LogP contribution < -0.4 is 5.73 Å². The molecule has 120 valence electrons. The van der Waals surface area contributed by atoms with Crippen molar-refractivity contribution in [2.75, 3.05) is 13.1 Å². The number of aryl methyl sites for hydroxylation is 1. The molecular formula is C18H21N3O2. The van der Waals surface area contributed by atoms with Crippen LogP contribution in [0, 0.1) is 17.0 Å². The predicted octanol–water partition coefficient (Wildman–Crippen LogP) is 2.83. The highest BCUT2D eigenvalue weighted by Gasteiger charge is 2.31. The Labute approximate surface area is 135 Å². The highest BCUT2D eigenvalue weighted by atomic mass is 16.6. The van der Waals surface area contributed by atoms with Crippen molar-refractivity contribution in [3.8, 4) is 0 Å². The van der Waals surface area contributed by atoms with Crippen LogP contribution in [0.4, 0.5) is 5.69 Å². The van der Waals surface area contributed by atoms with E-state index in [1.165, 1.54) is 5.56 Å². The first-order chi connectivity index (χ1) is 11.0. The van der Waals surface area contributed by atoms with Crippen LogP contribution >= 0.6 is 0 Å². The maximum absolute atomic E-state index is 10.8. The number of hydrogen-bond acceptors (Lipinski definition) is 4. The molecule has 0 aromatic heterocycles. The fourth-order valence-electron chi connectivity index (χ4n) is 3.31. The molecule has 3 rings (SSSR count). The monoisotopic (exact) mass is 311 g/mol. The summed E-state index contributed by atoms with van der Waals surface area (Å²) in [7, 11) is 0. The fourth-order valence-corrected chi connectivity index (χ4v) is 3.31. The molecule has 1 heterocycles. The highest BCUT2D eigenvalue weighted by molar-refractivity contribution is 5.39. The van der Waals surface area contributed by atoms with Crippen molar-refractivity contribution in [3.63, 3.8) is 0 Å². The lowest BCUT2D eigenvalue weighted by Gasteiger charge is -2.17. The molecule has 1 saturated heterocycles. The molecule has 0 spiro atoms. The van der Waals surface area contributed by atoms with Gasteiger partial charge in [0.25, 0.3) is 5.69 Å². The van der Waals surface area contributed by atoms with Gasteiger partial charge in [-0.3, -0.25) is 15.0 Å². The summed E-state index contributed by atoms with van der Waals surface area (Å²) in [5.74, 6) is 0.342. The zero-order valence-electron chi connectivity index (χ0n) is 13.2. The van der Waals surface area contributed by atoms with E-state index in [4.69, 9.17) is 5.73 Å². The number of likely N-dealkylation sites (tertiary alicyclic amines) is 1. The highest BCUT2D eigenvalue weighted by Crippen LogP contribution is 2.28.